The average Bonchev–Trinajstić information content (AvgIpc) is 2.22. The Kier molecular flexibility index (Phi) is 9.12. The molecule has 0 aliphatic rings. The van der Waals surface area contributed by atoms with Crippen molar-refractivity contribution in [1.29, 1.82) is 0 Å². The quantitative estimate of drug-likeness (QED) is 0.438. The Labute approximate surface area is 95.5 Å². The third-order valence-electron chi connectivity index (χ3n) is 2.95. The highest BCUT2D eigenvalue weighted by atomic mass is 16.6. The molecule has 15 heavy (non-hydrogen) atoms. The van der Waals surface area contributed by atoms with Crippen LogP contribution in [0.3, 0.4) is 0 Å². The molecule has 0 rings (SSSR count). The van der Waals surface area contributed by atoms with Gasteiger partial charge < -0.3 is 0 Å². The second-order valence-corrected chi connectivity index (χ2v) is 5.10. The lowest BCUT2D eigenvalue weighted by atomic mass is 9.99. The van der Waals surface area contributed by atoms with E-state index in [9.17, 15) is 0 Å². The Bertz CT molecular complexity index is 134. The van der Waals surface area contributed by atoms with Crippen LogP contribution in [0.5, 0.6) is 0 Å². The van der Waals surface area contributed by atoms with E-state index in [2.05, 4.69) is 6.92 Å². The third-order valence-corrected chi connectivity index (χ3v) is 2.95. The molecule has 0 atom stereocenters. The van der Waals surface area contributed by atoms with Gasteiger partial charge in [-0.25, -0.2) is 5.90 Å². The van der Waals surface area contributed by atoms with Crippen LogP contribution >= 0.6 is 0 Å². The van der Waals surface area contributed by atoms with Gasteiger partial charge in [0.1, 0.15) is 0 Å². The highest BCUT2D eigenvalue weighted by molar-refractivity contribution is 4.66. The number of hydrogen-bond acceptors (Lipinski definition) is 2. The molecule has 0 amide bonds. The van der Waals surface area contributed by atoms with Crippen molar-refractivity contribution in [2.45, 2.75) is 84.2 Å². The topological polar surface area (TPSA) is 35.2 Å². The summed E-state index contributed by atoms with van der Waals surface area (Å²) < 4.78 is 0. The van der Waals surface area contributed by atoms with Gasteiger partial charge >= 0.3 is 0 Å². The molecular formula is C13H29NO. The number of rotatable bonds is 10. The van der Waals surface area contributed by atoms with E-state index >= 15 is 0 Å². The monoisotopic (exact) mass is 215 g/mol. The van der Waals surface area contributed by atoms with Gasteiger partial charge in [0.25, 0.3) is 0 Å². The number of hydrogen-bond donors (Lipinski definition) is 1. The molecule has 0 aliphatic heterocycles. The summed E-state index contributed by atoms with van der Waals surface area (Å²) in [5.74, 6) is 5.20. The van der Waals surface area contributed by atoms with Crippen molar-refractivity contribution < 1.29 is 4.84 Å². The van der Waals surface area contributed by atoms with Gasteiger partial charge in [0.15, 0.2) is 0 Å². The molecular weight excluding hydrogens is 186 g/mol. The highest BCUT2D eigenvalue weighted by Gasteiger charge is 2.15. The summed E-state index contributed by atoms with van der Waals surface area (Å²) in [5.41, 5.74) is -0.137. The molecule has 0 saturated heterocycles. The van der Waals surface area contributed by atoms with Crippen molar-refractivity contribution in [3.63, 3.8) is 0 Å². The summed E-state index contributed by atoms with van der Waals surface area (Å²) in [6.45, 7) is 6.36. The second kappa shape index (κ2) is 9.17. The predicted molar refractivity (Wildman–Crippen MR) is 66.6 cm³/mol. The molecule has 2 heteroatoms. The van der Waals surface area contributed by atoms with Gasteiger partial charge in [-0.3, -0.25) is 4.84 Å². The van der Waals surface area contributed by atoms with E-state index in [0.717, 1.165) is 6.42 Å². The summed E-state index contributed by atoms with van der Waals surface area (Å²) in [5, 5.41) is 0. The summed E-state index contributed by atoms with van der Waals surface area (Å²) in [4.78, 5) is 4.90. The summed E-state index contributed by atoms with van der Waals surface area (Å²) in [7, 11) is 0. The van der Waals surface area contributed by atoms with Crippen molar-refractivity contribution in [3.8, 4) is 0 Å². The predicted octanol–water partition coefficient (Wildman–Crippen LogP) is 4.19. The number of unbranched alkanes of at least 4 members (excludes halogenated alkanes) is 7. The third kappa shape index (κ3) is 10.2. The zero-order chi connectivity index (χ0) is 11.6. The van der Waals surface area contributed by atoms with E-state index in [1.54, 1.807) is 0 Å². The Hall–Kier alpha value is -0.0800. The van der Waals surface area contributed by atoms with Crippen molar-refractivity contribution in [2.24, 2.45) is 5.90 Å². The zero-order valence-corrected chi connectivity index (χ0v) is 10.8. The van der Waals surface area contributed by atoms with Crippen LogP contribution in [0, 0.1) is 0 Å². The number of nitrogens with two attached hydrogens (primary N) is 1. The fraction of sp³-hybridized carbons (Fsp3) is 1.00. The summed E-state index contributed by atoms with van der Waals surface area (Å²) in [6, 6.07) is 0. The molecule has 0 aromatic rings. The lowest BCUT2D eigenvalue weighted by Gasteiger charge is -2.21. The minimum atomic E-state index is -0.137. The Morgan fingerprint density at radius 1 is 0.867 bits per heavy atom. The fourth-order valence-corrected chi connectivity index (χ4v) is 1.74. The van der Waals surface area contributed by atoms with Gasteiger partial charge in [0.2, 0.25) is 0 Å². The van der Waals surface area contributed by atoms with Crippen LogP contribution in [0.1, 0.15) is 78.6 Å². The van der Waals surface area contributed by atoms with Crippen molar-refractivity contribution >= 4 is 0 Å². The minimum Gasteiger partial charge on any atom is -0.299 e. The lowest BCUT2D eigenvalue weighted by Crippen LogP contribution is -2.27. The van der Waals surface area contributed by atoms with E-state index in [-0.39, 0.29) is 5.60 Å². The first-order chi connectivity index (χ1) is 7.12. The lowest BCUT2D eigenvalue weighted by molar-refractivity contribution is -0.0269. The standard InChI is InChI=1S/C13H29NO/c1-4-5-6-7-8-9-10-11-12-13(2,3)15-14/h4-12,14H2,1-3H3. The molecule has 2 N–H and O–H groups in total. The average molecular weight is 215 g/mol. The van der Waals surface area contributed by atoms with Gasteiger partial charge in [-0.15, -0.1) is 0 Å². The van der Waals surface area contributed by atoms with Crippen LogP contribution in [0.2, 0.25) is 0 Å². The second-order valence-electron chi connectivity index (χ2n) is 5.10. The van der Waals surface area contributed by atoms with Crippen molar-refractivity contribution in [1.82, 2.24) is 0 Å². The van der Waals surface area contributed by atoms with E-state index < -0.39 is 0 Å². The SMILES string of the molecule is CCCCCCCCCCC(C)(C)ON. The first-order valence-electron chi connectivity index (χ1n) is 6.50. The van der Waals surface area contributed by atoms with E-state index in [4.69, 9.17) is 10.7 Å². The first kappa shape index (κ1) is 14.9. The van der Waals surface area contributed by atoms with Gasteiger partial charge in [-0.1, -0.05) is 58.3 Å². The van der Waals surface area contributed by atoms with Gasteiger partial charge in [-0.2, -0.15) is 0 Å². The van der Waals surface area contributed by atoms with Crippen LogP contribution in [-0.2, 0) is 4.84 Å². The molecule has 0 radical (unpaired) electrons. The molecule has 0 spiro atoms. The molecule has 92 valence electrons. The molecule has 0 fully saturated rings. The van der Waals surface area contributed by atoms with Crippen LogP contribution < -0.4 is 5.90 Å². The van der Waals surface area contributed by atoms with Crippen LogP contribution in [0.15, 0.2) is 0 Å². The van der Waals surface area contributed by atoms with Crippen molar-refractivity contribution in [2.75, 3.05) is 0 Å². The summed E-state index contributed by atoms with van der Waals surface area (Å²) >= 11 is 0. The highest BCUT2D eigenvalue weighted by Crippen LogP contribution is 2.17. The molecule has 0 unspecified atom stereocenters. The minimum absolute atomic E-state index is 0.137. The maximum absolute atomic E-state index is 5.20. The molecule has 0 heterocycles. The van der Waals surface area contributed by atoms with E-state index in [0.29, 0.717) is 0 Å². The van der Waals surface area contributed by atoms with Crippen LogP contribution in [0.25, 0.3) is 0 Å². The molecule has 0 bridgehead atoms. The van der Waals surface area contributed by atoms with Crippen molar-refractivity contribution in [3.05, 3.63) is 0 Å². The van der Waals surface area contributed by atoms with Gasteiger partial charge in [-0.05, 0) is 20.3 Å². The normalized spacial score (nSPS) is 12.0. The smallest absolute Gasteiger partial charge is 0.0838 e. The maximum Gasteiger partial charge on any atom is 0.0838 e. The van der Waals surface area contributed by atoms with E-state index in [1.807, 2.05) is 13.8 Å². The summed E-state index contributed by atoms with van der Waals surface area (Å²) in [6.07, 6.45) is 11.9. The first-order valence-corrected chi connectivity index (χ1v) is 6.50. The molecule has 0 aromatic heterocycles. The Morgan fingerprint density at radius 2 is 1.33 bits per heavy atom. The van der Waals surface area contributed by atoms with Crippen LogP contribution in [-0.4, -0.2) is 5.60 Å². The molecule has 0 aliphatic carbocycles. The maximum atomic E-state index is 5.20. The largest absolute Gasteiger partial charge is 0.299 e. The molecule has 0 saturated carbocycles. The Balaban J connectivity index is 3.11. The van der Waals surface area contributed by atoms with Gasteiger partial charge in [0.05, 0.1) is 5.60 Å². The van der Waals surface area contributed by atoms with Crippen LogP contribution in [0.4, 0.5) is 0 Å². The molecule has 0 aromatic carbocycles. The fourth-order valence-electron chi connectivity index (χ4n) is 1.74. The zero-order valence-electron chi connectivity index (χ0n) is 10.8. The molecule has 2 nitrogen and oxygen atoms in total. The van der Waals surface area contributed by atoms with E-state index in [1.165, 1.54) is 51.4 Å². The van der Waals surface area contributed by atoms with Gasteiger partial charge in [0, 0.05) is 0 Å². The Morgan fingerprint density at radius 3 is 1.80 bits per heavy atom.